The van der Waals surface area contributed by atoms with E-state index in [1.807, 2.05) is 24.3 Å². The van der Waals surface area contributed by atoms with Gasteiger partial charge in [0.25, 0.3) is 0 Å². The summed E-state index contributed by atoms with van der Waals surface area (Å²) < 4.78 is 0. The minimum Gasteiger partial charge on any atom is -0.481 e. The van der Waals surface area contributed by atoms with Crippen LogP contribution in [0.4, 0.5) is 0 Å². The topological polar surface area (TPSA) is 115 Å². The third-order valence-electron chi connectivity index (χ3n) is 5.96. The zero-order valence-corrected chi connectivity index (χ0v) is 17.9. The second kappa shape index (κ2) is 9.81. The molecular formula is C24H27ClO6. The first-order chi connectivity index (χ1) is 14.7. The largest absolute Gasteiger partial charge is 0.481 e. The quantitative estimate of drug-likeness (QED) is 0.379. The summed E-state index contributed by atoms with van der Waals surface area (Å²) in [5, 5.41) is 38.8. The van der Waals surface area contributed by atoms with Crippen molar-refractivity contribution in [1.29, 1.82) is 0 Å². The Hall–Kier alpha value is -2.41. The number of hydrogen-bond donors (Lipinski definition) is 4. The molecule has 0 radical (unpaired) electrons. The first-order valence-electron chi connectivity index (χ1n) is 10.5. The number of halogens is 1. The summed E-state index contributed by atoms with van der Waals surface area (Å²) in [6.45, 7) is 0. The minimum atomic E-state index is -2.45. The van der Waals surface area contributed by atoms with Gasteiger partial charge < -0.3 is 20.4 Å². The van der Waals surface area contributed by atoms with Crippen LogP contribution in [0.25, 0.3) is 11.1 Å². The average molecular weight is 447 g/mol. The fourth-order valence-corrected chi connectivity index (χ4v) is 4.64. The number of carboxylic acids is 2. The van der Waals surface area contributed by atoms with E-state index in [4.69, 9.17) is 21.8 Å². The van der Waals surface area contributed by atoms with Crippen molar-refractivity contribution in [2.24, 2.45) is 0 Å². The fraction of sp³-hybridized carbons (Fsp3) is 0.417. The van der Waals surface area contributed by atoms with Gasteiger partial charge >= 0.3 is 11.9 Å². The summed E-state index contributed by atoms with van der Waals surface area (Å²) in [5.41, 5.74) is 2.50. The molecule has 4 N–H and O–H groups in total. The van der Waals surface area contributed by atoms with Gasteiger partial charge in [0.2, 0.25) is 0 Å². The van der Waals surface area contributed by atoms with Crippen LogP contribution in [0.3, 0.4) is 0 Å². The predicted octanol–water partition coefficient (Wildman–Crippen LogP) is 4.44. The number of hydrogen-bond acceptors (Lipinski definition) is 4. The van der Waals surface area contributed by atoms with E-state index < -0.39 is 36.5 Å². The molecule has 3 atom stereocenters. The number of carboxylic acid groups (broad SMARTS) is 2. The van der Waals surface area contributed by atoms with E-state index in [0.29, 0.717) is 23.8 Å². The van der Waals surface area contributed by atoms with Gasteiger partial charge in [-0.3, -0.25) is 4.79 Å². The molecule has 0 aromatic heterocycles. The molecule has 0 saturated carbocycles. The molecule has 0 saturated heterocycles. The molecule has 6 nitrogen and oxygen atoms in total. The summed E-state index contributed by atoms with van der Waals surface area (Å²) in [7, 11) is 0. The van der Waals surface area contributed by atoms with E-state index in [1.165, 1.54) is 22.3 Å². The maximum Gasteiger partial charge on any atom is 0.336 e. The molecule has 0 fully saturated rings. The number of carbonyl (C=O) groups is 2. The van der Waals surface area contributed by atoms with Gasteiger partial charge in [-0.25, -0.2) is 4.79 Å². The van der Waals surface area contributed by atoms with Crippen molar-refractivity contribution in [3.05, 3.63) is 58.6 Å². The Morgan fingerprint density at radius 3 is 2.42 bits per heavy atom. The second-order valence-electron chi connectivity index (χ2n) is 8.27. The van der Waals surface area contributed by atoms with Crippen molar-refractivity contribution in [3.8, 4) is 11.1 Å². The molecule has 0 spiro atoms. The lowest BCUT2D eigenvalue weighted by Gasteiger charge is -2.24. The van der Waals surface area contributed by atoms with E-state index in [0.717, 1.165) is 19.3 Å². The summed E-state index contributed by atoms with van der Waals surface area (Å²) >= 11 is 6.20. The average Bonchev–Trinajstić information content (AvgIpc) is 3.00. The van der Waals surface area contributed by atoms with Crippen molar-refractivity contribution in [1.82, 2.24) is 0 Å². The number of aliphatic carboxylic acids is 2. The van der Waals surface area contributed by atoms with Crippen LogP contribution in [0.5, 0.6) is 0 Å². The number of aliphatic hydroxyl groups is 2. The Morgan fingerprint density at radius 2 is 1.71 bits per heavy atom. The van der Waals surface area contributed by atoms with Gasteiger partial charge in [-0.05, 0) is 47.2 Å². The third kappa shape index (κ3) is 5.45. The highest BCUT2D eigenvalue weighted by Gasteiger charge is 2.40. The molecule has 0 aliphatic heterocycles. The second-order valence-corrected chi connectivity index (χ2v) is 8.71. The zero-order chi connectivity index (χ0) is 22.6. The van der Waals surface area contributed by atoms with Crippen molar-refractivity contribution in [3.63, 3.8) is 0 Å². The SMILES string of the molecule is O=C(O)C[C@@](O)(C[C@H](O)CCCCCC1c2ccccc2-c2cc(Cl)ccc21)C(=O)O. The molecule has 0 amide bonds. The molecule has 2 aromatic rings. The Bertz CT molecular complexity index is 959. The van der Waals surface area contributed by atoms with Crippen molar-refractivity contribution < 1.29 is 30.0 Å². The Kier molecular flexibility index (Phi) is 7.36. The van der Waals surface area contributed by atoms with Crippen LogP contribution in [0.1, 0.15) is 62.0 Å². The van der Waals surface area contributed by atoms with Gasteiger partial charge in [-0.1, -0.05) is 61.2 Å². The predicted molar refractivity (Wildman–Crippen MR) is 117 cm³/mol. The molecular weight excluding hydrogens is 420 g/mol. The van der Waals surface area contributed by atoms with E-state index in [2.05, 4.69) is 18.2 Å². The number of unbranched alkanes of at least 4 members (excludes halogenated alkanes) is 2. The lowest BCUT2D eigenvalue weighted by atomic mass is 9.89. The van der Waals surface area contributed by atoms with Gasteiger partial charge in [0, 0.05) is 17.4 Å². The maximum atomic E-state index is 11.2. The molecule has 1 aliphatic carbocycles. The lowest BCUT2D eigenvalue weighted by Crippen LogP contribution is -2.43. The number of fused-ring (bicyclic) bond motifs is 3. The smallest absolute Gasteiger partial charge is 0.336 e. The highest BCUT2D eigenvalue weighted by atomic mass is 35.5. The molecule has 1 aliphatic rings. The van der Waals surface area contributed by atoms with Crippen molar-refractivity contribution >= 4 is 23.5 Å². The molecule has 0 bridgehead atoms. The molecule has 1 unspecified atom stereocenters. The van der Waals surface area contributed by atoms with Crippen LogP contribution < -0.4 is 0 Å². The van der Waals surface area contributed by atoms with Gasteiger partial charge in [-0.15, -0.1) is 0 Å². The van der Waals surface area contributed by atoms with Gasteiger partial charge in [0.1, 0.15) is 0 Å². The maximum absolute atomic E-state index is 11.2. The van der Waals surface area contributed by atoms with Crippen LogP contribution in [0.2, 0.25) is 5.02 Å². The molecule has 0 heterocycles. The van der Waals surface area contributed by atoms with E-state index in [-0.39, 0.29) is 0 Å². The van der Waals surface area contributed by atoms with E-state index in [9.17, 15) is 19.8 Å². The minimum absolute atomic E-state index is 0.293. The Labute approximate surface area is 186 Å². The Morgan fingerprint density at radius 1 is 1.00 bits per heavy atom. The summed E-state index contributed by atoms with van der Waals surface area (Å²) in [5.74, 6) is -2.76. The molecule has 2 aromatic carbocycles. The lowest BCUT2D eigenvalue weighted by molar-refractivity contribution is -0.168. The zero-order valence-electron chi connectivity index (χ0n) is 17.1. The highest BCUT2D eigenvalue weighted by Crippen LogP contribution is 2.47. The van der Waals surface area contributed by atoms with Crippen LogP contribution in [-0.4, -0.2) is 44.1 Å². The van der Waals surface area contributed by atoms with Gasteiger partial charge in [-0.2, -0.15) is 0 Å². The fourth-order valence-electron chi connectivity index (χ4n) is 4.47. The van der Waals surface area contributed by atoms with Crippen molar-refractivity contribution in [2.75, 3.05) is 0 Å². The third-order valence-corrected chi connectivity index (χ3v) is 6.20. The van der Waals surface area contributed by atoms with Crippen LogP contribution in [-0.2, 0) is 9.59 Å². The van der Waals surface area contributed by atoms with Crippen LogP contribution in [0.15, 0.2) is 42.5 Å². The highest BCUT2D eigenvalue weighted by molar-refractivity contribution is 6.31. The normalized spacial score (nSPS) is 17.5. The molecule has 166 valence electrons. The number of rotatable bonds is 11. The summed E-state index contributed by atoms with van der Waals surface area (Å²) in [6.07, 6.45) is 1.15. The standard InChI is InChI=1S/C24H27ClO6/c25-15-10-11-20-18(17-8-4-5-9-19(17)21(20)12-15)7-3-1-2-6-16(26)13-24(31,23(29)30)14-22(27)28/h4-5,8-12,16,18,26,31H,1-3,6-7,13-14H2,(H,27,28)(H,29,30)/t16-,18?,24+/m1/s1. The molecule has 7 heteroatoms. The van der Waals surface area contributed by atoms with Crippen molar-refractivity contribution in [2.45, 2.75) is 62.6 Å². The summed E-state index contributed by atoms with van der Waals surface area (Å²) in [4.78, 5) is 22.0. The first kappa shape index (κ1) is 23.3. The van der Waals surface area contributed by atoms with Crippen LogP contribution >= 0.6 is 11.6 Å². The number of benzene rings is 2. The number of aliphatic hydroxyl groups excluding tert-OH is 1. The van der Waals surface area contributed by atoms with E-state index >= 15 is 0 Å². The summed E-state index contributed by atoms with van der Waals surface area (Å²) in [6, 6.07) is 14.3. The monoisotopic (exact) mass is 446 g/mol. The first-order valence-corrected chi connectivity index (χ1v) is 10.8. The van der Waals surface area contributed by atoms with Gasteiger partial charge in [0.05, 0.1) is 12.5 Å². The Balaban J connectivity index is 1.51. The van der Waals surface area contributed by atoms with Crippen LogP contribution in [0, 0.1) is 0 Å². The van der Waals surface area contributed by atoms with E-state index in [1.54, 1.807) is 0 Å². The van der Waals surface area contributed by atoms with Gasteiger partial charge in [0.15, 0.2) is 5.60 Å². The molecule has 3 rings (SSSR count). The molecule has 31 heavy (non-hydrogen) atoms.